The Hall–Kier alpha value is -3.40. The van der Waals surface area contributed by atoms with Crippen LogP contribution in [0.3, 0.4) is 0 Å². The minimum absolute atomic E-state index is 0.00835. The van der Waals surface area contributed by atoms with Crippen molar-refractivity contribution in [1.82, 2.24) is 10.2 Å². The molecule has 0 bridgehead atoms. The Kier molecular flexibility index (Phi) is 9.45. The summed E-state index contributed by atoms with van der Waals surface area (Å²) in [4.78, 5) is 28.8. The van der Waals surface area contributed by atoms with Crippen molar-refractivity contribution in [1.29, 1.82) is 0 Å². The van der Waals surface area contributed by atoms with E-state index in [4.69, 9.17) is 0 Å². The van der Waals surface area contributed by atoms with Crippen molar-refractivity contribution in [3.05, 3.63) is 107 Å². The summed E-state index contributed by atoms with van der Waals surface area (Å²) < 4.78 is 0. The maximum atomic E-state index is 13.6. The molecule has 4 nitrogen and oxygen atoms in total. The number of carbonyl (C=O) groups excluding carboxylic acids is 2. The van der Waals surface area contributed by atoms with E-state index in [2.05, 4.69) is 25.2 Å². The van der Waals surface area contributed by atoms with Gasteiger partial charge in [0, 0.05) is 25.9 Å². The number of amides is 2. The molecule has 0 unspecified atom stereocenters. The van der Waals surface area contributed by atoms with Gasteiger partial charge in [0.1, 0.15) is 6.04 Å². The SMILES string of the molecule is Cc1cccc(CN(C(=O)CCc2ccccc2)[C@@H](Cc2ccccc2)C(=O)NCC(C)C)c1. The van der Waals surface area contributed by atoms with Gasteiger partial charge in [-0.3, -0.25) is 9.59 Å². The highest BCUT2D eigenvalue weighted by Gasteiger charge is 2.30. The van der Waals surface area contributed by atoms with Crippen molar-refractivity contribution in [2.45, 2.75) is 52.6 Å². The van der Waals surface area contributed by atoms with E-state index in [1.165, 1.54) is 0 Å². The summed E-state index contributed by atoms with van der Waals surface area (Å²) in [6.07, 6.45) is 1.49. The summed E-state index contributed by atoms with van der Waals surface area (Å²) in [5.74, 6) is 0.226. The van der Waals surface area contributed by atoms with Gasteiger partial charge in [-0.15, -0.1) is 0 Å². The molecule has 0 spiro atoms. The summed E-state index contributed by atoms with van der Waals surface area (Å²) in [7, 11) is 0. The quantitative estimate of drug-likeness (QED) is 0.423. The zero-order chi connectivity index (χ0) is 24.3. The predicted molar refractivity (Wildman–Crippen MR) is 138 cm³/mol. The minimum atomic E-state index is -0.579. The second-order valence-corrected chi connectivity index (χ2v) is 9.34. The van der Waals surface area contributed by atoms with E-state index in [1.54, 1.807) is 4.90 Å². The van der Waals surface area contributed by atoms with E-state index in [1.807, 2.05) is 85.8 Å². The summed E-state index contributed by atoms with van der Waals surface area (Å²) in [5, 5.41) is 3.08. The molecule has 0 heterocycles. The molecule has 1 N–H and O–H groups in total. The van der Waals surface area contributed by atoms with Crippen LogP contribution in [0, 0.1) is 12.8 Å². The molecule has 0 saturated heterocycles. The first-order valence-electron chi connectivity index (χ1n) is 12.1. The van der Waals surface area contributed by atoms with Gasteiger partial charge in [-0.1, -0.05) is 104 Å². The highest BCUT2D eigenvalue weighted by Crippen LogP contribution is 2.18. The van der Waals surface area contributed by atoms with Crippen LogP contribution in [0.1, 0.15) is 42.5 Å². The predicted octanol–water partition coefficient (Wildman–Crippen LogP) is 5.34. The Morgan fingerprint density at radius 1 is 0.824 bits per heavy atom. The molecule has 0 aromatic heterocycles. The minimum Gasteiger partial charge on any atom is -0.354 e. The van der Waals surface area contributed by atoms with Crippen LogP contribution in [0.2, 0.25) is 0 Å². The van der Waals surface area contributed by atoms with E-state index < -0.39 is 6.04 Å². The molecule has 34 heavy (non-hydrogen) atoms. The summed E-state index contributed by atoms with van der Waals surface area (Å²) in [6.45, 7) is 7.17. The van der Waals surface area contributed by atoms with E-state index in [0.29, 0.717) is 38.3 Å². The van der Waals surface area contributed by atoms with Crippen LogP contribution in [0.4, 0.5) is 0 Å². The fourth-order valence-corrected chi connectivity index (χ4v) is 4.02. The highest BCUT2D eigenvalue weighted by molar-refractivity contribution is 5.88. The van der Waals surface area contributed by atoms with Gasteiger partial charge in [0.15, 0.2) is 0 Å². The van der Waals surface area contributed by atoms with Crippen molar-refractivity contribution in [2.24, 2.45) is 5.92 Å². The molecule has 2 amide bonds. The van der Waals surface area contributed by atoms with Crippen LogP contribution in [0.15, 0.2) is 84.9 Å². The van der Waals surface area contributed by atoms with Crippen LogP contribution in [-0.2, 0) is 29.0 Å². The molecule has 0 fully saturated rings. The molecule has 3 aromatic rings. The molecular formula is C30H36N2O2. The molecule has 0 aliphatic rings. The Morgan fingerprint density at radius 3 is 2.06 bits per heavy atom. The Bertz CT molecular complexity index is 1050. The molecule has 4 heteroatoms. The maximum Gasteiger partial charge on any atom is 0.243 e. The van der Waals surface area contributed by atoms with Crippen molar-refractivity contribution in [3.63, 3.8) is 0 Å². The Morgan fingerprint density at radius 2 is 1.44 bits per heavy atom. The van der Waals surface area contributed by atoms with E-state index >= 15 is 0 Å². The van der Waals surface area contributed by atoms with Gasteiger partial charge in [0.05, 0.1) is 0 Å². The average Bonchev–Trinajstić information content (AvgIpc) is 2.84. The lowest BCUT2D eigenvalue weighted by atomic mass is 10.0. The molecule has 3 aromatic carbocycles. The lowest BCUT2D eigenvalue weighted by Crippen LogP contribution is -2.51. The molecule has 1 atom stereocenters. The van der Waals surface area contributed by atoms with E-state index in [9.17, 15) is 9.59 Å². The van der Waals surface area contributed by atoms with Gasteiger partial charge in [0.25, 0.3) is 0 Å². The topological polar surface area (TPSA) is 49.4 Å². The number of hydrogen-bond acceptors (Lipinski definition) is 2. The highest BCUT2D eigenvalue weighted by atomic mass is 16.2. The molecular weight excluding hydrogens is 420 g/mol. The van der Waals surface area contributed by atoms with Crippen molar-refractivity contribution >= 4 is 11.8 Å². The number of carbonyl (C=O) groups is 2. The van der Waals surface area contributed by atoms with Gasteiger partial charge in [-0.2, -0.15) is 0 Å². The summed E-state index contributed by atoms with van der Waals surface area (Å²) in [5.41, 5.74) is 4.33. The first-order valence-corrected chi connectivity index (χ1v) is 12.1. The third-order valence-corrected chi connectivity index (χ3v) is 5.86. The average molecular weight is 457 g/mol. The third kappa shape index (κ3) is 7.87. The standard InChI is InChI=1S/C30H36N2O2/c1-23(2)21-31-30(34)28(20-26-14-8-5-9-15-26)32(22-27-16-10-11-24(3)19-27)29(33)18-17-25-12-6-4-7-13-25/h4-16,19,23,28H,17-18,20-22H2,1-3H3,(H,31,34)/t28-/m0/s1. The Labute approximate surface area is 204 Å². The van der Waals surface area contributed by atoms with Crippen molar-refractivity contribution in [2.75, 3.05) is 6.54 Å². The zero-order valence-electron chi connectivity index (χ0n) is 20.5. The molecule has 0 aliphatic carbocycles. The number of hydrogen-bond donors (Lipinski definition) is 1. The summed E-state index contributed by atoms with van der Waals surface area (Å²) in [6, 6.07) is 27.5. The monoisotopic (exact) mass is 456 g/mol. The van der Waals surface area contributed by atoms with Crippen LogP contribution >= 0.6 is 0 Å². The Balaban J connectivity index is 1.89. The number of rotatable bonds is 11. The van der Waals surface area contributed by atoms with Gasteiger partial charge in [-0.25, -0.2) is 0 Å². The van der Waals surface area contributed by atoms with Gasteiger partial charge in [-0.05, 0) is 36.0 Å². The van der Waals surface area contributed by atoms with Crippen LogP contribution in [0.25, 0.3) is 0 Å². The normalized spacial score (nSPS) is 11.8. The van der Waals surface area contributed by atoms with Crippen molar-refractivity contribution < 1.29 is 9.59 Å². The lowest BCUT2D eigenvalue weighted by Gasteiger charge is -2.32. The zero-order valence-corrected chi connectivity index (χ0v) is 20.5. The largest absolute Gasteiger partial charge is 0.354 e. The smallest absolute Gasteiger partial charge is 0.243 e. The van der Waals surface area contributed by atoms with Gasteiger partial charge >= 0.3 is 0 Å². The lowest BCUT2D eigenvalue weighted by molar-refractivity contribution is -0.141. The molecule has 0 aliphatic heterocycles. The number of benzene rings is 3. The number of aryl methyl sites for hydroxylation is 2. The van der Waals surface area contributed by atoms with Crippen LogP contribution in [0.5, 0.6) is 0 Å². The van der Waals surface area contributed by atoms with Crippen LogP contribution in [-0.4, -0.2) is 29.3 Å². The van der Waals surface area contributed by atoms with Gasteiger partial charge < -0.3 is 10.2 Å². The molecule has 0 saturated carbocycles. The number of nitrogens with one attached hydrogen (secondary N) is 1. The van der Waals surface area contributed by atoms with Crippen molar-refractivity contribution in [3.8, 4) is 0 Å². The number of nitrogens with zero attached hydrogens (tertiary/aromatic N) is 1. The second-order valence-electron chi connectivity index (χ2n) is 9.34. The van der Waals surface area contributed by atoms with E-state index in [-0.39, 0.29) is 11.8 Å². The maximum absolute atomic E-state index is 13.6. The fraction of sp³-hybridized carbons (Fsp3) is 0.333. The molecule has 178 valence electrons. The first kappa shape index (κ1) is 25.2. The van der Waals surface area contributed by atoms with Gasteiger partial charge in [0.2, 0.25) is 11.8 Å². The second kappa shape index (κ2) is 12.7. The van der Waals surface area contributed by atoms with Crippen LogP contribution < -0.4 is 5.32 Å². The third-order valence-electron chi connectivity index (χ3n) is 5.86. The molecule has 3 rings (SSSR count). The fourth-order valence-electron chi connectivity index (χ4n) is 4.02. The summed E-state index contributed by atoms with van der Waals surface area (Å²) >= 11 is 0. The molecule has 0 radical (unpaired) electrons. The first-order chi connectivity index (χ1) is 16.4. The van der Waals surface area contributed by atoms with E-state index in [0.717, 1.165) is 22.3 Å².